The Kier molecular flexibility index (Phi) is 3.41. The number of likely N-dealkylation sites (tertiary alicyclic amines) is 1. The molecule has 98 valence electrons. The van der Waals surface area contributed by atoms with E-state index in [1.54, 1.807) is 0 Å². The highest BCUT2D eigenvalue weighted by atomic mass is 16.5. The molecule has 0 amide bonds. The van der Waals surface area contributed by atoms with Gasteiger partial charge in [0, 0.05) is 18.3 Å². The summed E-state index contributed by atoms with van der Waals surface area (Å²) >= 11 is 0. The Bertz CT molecular complexity index is 419. The third-order valence-electron chi connectivity index (χ3n) is 4.15. The van der Waals surface area contributed by atoms with E-state index >= 15 is 0 Å². The van der Waals surface area contributed by atoms with Crippen LogP contribution in [0.2, 0.25) is 0 Å². The minimum atomic E-state index is 0.588. The Hall–Kier alpha value is -1.22. The predicted molar refractivity (Wildman–Crippen MR) is 74.4 cm³/mol. The molecule has 1 unspecified atom stereocenters. The first-order valence-corrected chi connectivity index (χ1v) is 7.03. The molecule has 0 bridgehead atoms. The van der Waals surface area contributed by atoms with Gasteiger partial charge in [0.15, 0.2) is 0 Å². The average molecular weight is 246 g/mol. The summed E-state index contributed by atoms with van der Waals surface area (Å²) in [6.45, 7) is 3.09. The van der Waals surface area contributed by atoms with Crippen molar-refractivity contribution in [1.82, 2.24) is 4.90 Å². The molecular formula is C15H22N2O. The second-order valence-corrected chi connectivity index (χ2v) is 5.44. The van der Waals surface area contributed by atoms with Gasteiger partial charge in [-0.15, -0.1) is 0 Å². The van der Waals surface area contributed by atoms with E-state index in [0.717, 1.165) is 25.3 Å². The molecule has 0 aromatic heterocycles. The summed E-state index contributed by atoms with van der Waals surface area (Å²) in [7, 11) is 2.21. The molecule has 0 spiro atoms. The van der Waals surface area contributed by atoms with Crippen LogP contribution in [0.5, 0.6) is 5.75 Å². The van der Waals surface area contributed by atoms with Crippen molar-refractivity contribution in [3.8, 4) is 5.75 Å². The zero-order chi connectivity index (χ0) is 12.4. The van der Waals surface area contributed by atoms with E-state index in [9.17, 15) is 0 Å². The van der Waals surface area contributed by atoms with Crippen molar-refractivity contribution in [2.45, 2.75) is 31.7 Å². The van der Waals surface area contributed by atoms with Crippen molar-refractivity contribution in [3.63, 3.8) is 0 Å². The summed E-state index contributed by atoms with van der Waals surface area (Å²) in [5.74, 6) is 1.02. The van der Waals surface area contributed by atoms with Gasteiger partial charge in [-0.2, -0.15) is 0 Å². The number of ether oxygens (including phenoxy) is 1. The minimum absolute atomic E-state index is 0.588. The van der Waals surface area contributed by atoms with Crippen LogP contribution in [0.4, 0.5) is 5.69 Å². The summed E-state index contributed by atoms with van der Waals surface area (Å²) in [6.07, 6.45) is 5.06. The molecular weight excluding hydrogens is 224 g/mol. The molecule has 3 nitrogen and oxygen atoms in total. The normalized spacial score (nSPS) is 23.5. The van der Waals surface area contributed by atoms with Crippen LogP contribution >= 0.6 is 0 Å². The molecule has 2 heterocycles. The molecule has 0 aliphatic carbocycles. The second kappa shape index (κ2) is 5.19. The maximum Gasteiger partial charge on any atom is 0.119 e. The molecule has 0 saturated carbocycles. The number of hydrogen-bond acceptors (Lipinski definition) is 3. The minimum Gasteiger partial charge on any atom is -0.492 e. The van der Waals surface area contributed by atoms with Gasteiger partial charge >= 0.3 is 0 Å². The molecule has 3 rings (SSSR count). The first kappa shape index (κ1) is 11.8. The van der Waals surface area contributed by atoms with Crippen molar-refractivity contribution in [2.75, 3.05) is 32.1 Å². The number of hydrogen-bond donors (Lipinski definition) is 1. The van der Waals surface area contributed by atoms with Crippen LogP contribution < -0.4 is 10.1 Å². The monoisotopic (exact) mass is 246 g/mol. The third kappa shape index (κ3) is 2.46. The molecule has 1 saturated heterocycles. The summed E-state index contributed by atoms with van der Waals surface area (Å²) in [6, 6.07) is 7.01. The van der Waals surface area contributed by atoms with E-state index in [2.05, 4.69) is 35.5 Å². The molecule has 1 aromatic carbocycles. The number of likely N-dealkylation sites (N-methyl/N-ethyl adjacent to an activating group) is 1. The Morgan fingerprint density at radius 2 is 2.33 bits per heavy atom. The van der Waals surface area contributed by atoms with Crippen LogP contribution in [0.1, 0.15) is 24.8 Å². The highest BCUT2D eigenvalue weighted by molar-refractivity contribution is 5.57. The summed E-state index contributed by atoms with van der Waals surface area (Å²) in [5, 5.41) is 3.38. The zero-order valence-corrected chi connectivity index (χ0v) is 11.1. The Labute approximate surface area is 109 Å². The summed E-state index contributed by atoms with van der Waals surface area (Å²) in [4.78, 5) is 2.43. The maximum atomic E-state index is 5.97. The Morgan fingerprint density at radius 1 is 1.39 bits per heavy atom. The zero-order valence-electron chi connectivity index (χ0n) is 11.1. The second-order valence-electron chi connectivity index (χ2n) is 5.44. The van der Waals surface area contributed by atoms with Crippen LogP contribution in [0.3, 0.4) is 0 Å². The van der Waals surface area contributed by atoms with Crippen molar-refractivity contribution in [3.05, 3.63) is 23.8 Å². The lowest BCUT2D eigenvalue weighted by molar-refractivity contribution is 0.125. The number of nitrogens with zero attached hydrogens (tertiary/aromatic N) is 1. The van der Waals surface area contributed by atoms with Gasteiger partial charge in [0.2, 0.25) is 0 Å². The van der Waals surface area contributed by atoms with Gasteiger partial charge in [0.25, 0.3) is 0 Å². The van der Waals surface area contributed by atoms with E-state index in [4.69, 9.17) is 4.74 Å². The molecule has 1 aromatic rings. The van der Waals surface area contributed by atoms with Crippen molar-refractivity contribution < 1.29 is 4.74 Å². The van der Waals surface area contributed by atoms with Crippen LogP contribution in [0.15, 0.2) is 18.2 Å². The molecule has 3 heteroatoms. The molecule has 2 aliphatic rings. The van der Waals surface area contributed by atoms with Gasteiger partial charge in [-0.3, -0.25) is 0 Å². The first-order valence-electron chi connectivity index (χ1n) is 7.03. The topological polar surface area (TPSA) is 24.5 Å². The largest absolute Gasteiger partial charge is 0.492 e. The van der Waals surface area contributed by atoms with E-state index < -0.39 is 0 Å². The van der Waals surface area contributed by atoms with Crippen molar-refractivity contribution in [1.29, 1.82) is 0 Å². The summed E-state index contributed by atoms with van der Waals surface area (Å²) < 4.78 is 5.97. The lowest BCUT2D eigenvalue weighted by Crippen LogP contribution is -2.40. The van der Waals surface area contributed by atoms with Gasteiger partial charge in [0.05, 0.1) is 0 Å². The Morgan fingerprint density at radius 3 is 3.22 bits per heavy atom. The van der Waals surface area contributed by atoms with E-state index in [1.807, 2.05) is 0 Å². The molecule has 1 atom stereocenters. The lowest BCUT2D eigenvalue weighted by atomic mass is 10.0. The number of rotatable bonds is 3. The van der Waals surface area contributed by atoms with Crippen LogP contribution in [-0.4, -0.2) is 37.7 Å². The number of piperidine rings is 1. The number of anilines is 1. The molecule has 0 radical (unpaired) electrons. The fourth-order valence-electron chi connectivity index (χ4n) is 2.92. The van der Waals surface area contributed by atoms with Crippen molar-refractivity contribution in [2.24, 2.45) is 0 Å². The Balaban J connectivity index is 1.59. The SMILES string of the molecule is CN1CCCCC1COc1ccc2c(c1)CCN2. The quantitative estimate of drug-likeness (QED) is 0.887. The van der Waals surface area contributed by atoms with Crippen molar-refractivity contribution >= 4 is 5.69 Å². The molecule has 1 fully saturated rings. The third-order valence-corrected chi connectivity index (χ3v) is 4.15. The van der Waals surface area contributed by atoms with Gasteiger partial charge in [-0.1, -0.05) is 6.42 Å². The standard InChI is InChI=1S/C15H22N2O/c1-17-9-3-2-4-13(17)11-18-14-5-6-15-12(10-14)7-8-16-15/h5-6,10,13,16H,2-4,7-9,11H2,1H3. The fraction of sp³-hybridized carbons (Fsp3) is 0.600. The highest BCUT2D eigenvalue weighted by Crippen LogP contribution is 2.27. The van der Waals surface area contributed by atoms with E-state index in [1.165, 1.54) is 37.1 Å². The molecule has 2 aliphatic heterocycles. The predicted octanol–water partition coefficient (Wildman–Crippen LogP) is 2.52. The molecule has 18 heavy (non-hydrogen) atoms. The number of nitrogens with one attached hydrogen (secondary N) is 1. The first-order chi connectivity index (χ1) is 8.83. The van der Waals surface area contributed by atoms with Gasteiger partial charge in [0.1, 0.15) is 12.4 Å². The fourth-order valence-corrected chi connectivity index (χ4v) is 2.92. The van der Waals surface area contributed by atoms with Crippen LogP contribution in [-0.2, 0) is 6.42 Å². The highest BCUT2D eigenvalue weighted by Gasteiger charge is 2.19. The van der Waals surface area contributed by atoms with Gasteiger partial charge in [-0.25, -0.2) is 0 Å². The number of benzene rings is 1. The van der Waals surface area contributed by atoms with Crippen LogP contribution in [0, 0.1) is 0 Å². The molecule has 1 N–H and O–H groups in total. The van der Waals surface area contributed by atoms with Gasteiger partial charge in [-0.05, 0) is 56.6 Å². The summed E-state index contributed by atoms with van der Waals surface area (Å²) in [5.41, 5.74) is 2.67. The van der Waals surface area contributed by atoms with Crippen LogP contribution in [0.25, 0.3) is 0 Å². The van der Waals surface area contributed by atoms with E-state index in [0.29, 0.717) is 6.04 Å². The maximum absolute atomic E-state index is 5.97. The average Bonchev–Trinajstić information content (AvgIpc) is 2.85. The number of fused-ring (bicyclic) bond motifs is 1. The van der Waals surface area contributed by atoms with Gasteiger partial charge < -0.3 is 15.0 Å². The lowest BCUT2D eigenvalue weighted by Gasteiger charge is -2.32. The smallest absolute Gasteiger partial charge is 0.119 e. The van der Waals surface area contributed by atoms with E-state index in [-0.39, 0.29) is 0 Å².